The zero-order valence-corrected chi connectivity index (χ0v) is 11.7. The molecule has 21 heavy (non-hydrogen) atoms. The van der Waals surface area contributed by atoms with E-state index in [1.54, 1.807) is 36.4 Å². The predicted octanol–water partition coefficient (Wildman–Crippen LogP) is 2.86. The van der Waals surface area contributed by atoms with Crippen molar-refractivity contribution in [1.82, 2.24) is 0 Å². The number of carbonyl (C=O) groups excluding carboxylic acids is 2. The van der Waals surface area contributed by atoms with Crippen molar-refractivity contribution in [1.29, 1.82) is 0 Å². The van der Waals surface area contributed by atoms with Crippen LogP contribution in [-0.4, -0.2) is 23.9 Å². The Morgan fingerprint density at radius 2 is 1.86 bits per heavy atom. The van der Waals surface area contributed by atoms with E-state index in [1.165, 1.54) is 20.1 Å². The molecule has 0 spiro atoms. The first-order chi connectivity index (χ1) is 10.0. The van der Waals surface area contributed by atoms with Crippen LogP contribution in [0.3, 0.4) is 0 Å². The summed E-state index contributed by atoms with van der Waals surface area (Å²) in [5.74, 6) is -0.567. The van der Waals surface area contributed by atoms with Crippen LogP contribution in [0.2, 0.25) is 0 Å². The van der Waals surface area contributed by atoms with Gasteiger partial charge in [-0.15, -0.1) is 0 Å². The number of para-hydroxylation sites is 1. The van der Waals surface area contributed by atoms with Crippen LogP contribution in [0.25, 0.3) is 0 Å². The summed E-state index contributed by atoms with van der Waals surface area (Å²) in [7, 11) is 1.41. The fourth-order valence-corrected chi connectivity index (χ4v) is 1.88. The van der Waals surface area contributed by atoms with E-state index in [0.29, 0.717) is 11.3 Å². The molecule has 0 aliphatic carbocycles. The molecular weight excluding hydrogens is 270 g/mol. The Bertz CT molecular complexity index is 694. The second-order valence-corrected chi connectivity index (χ2v) is 4.45. The maximum absolute atomic E-state index is 12.2. The summed E-state index contributed by atoms with van der Waals surface area (Å²) >= 11 is 0. The molecule has 0 aromatic heterocycles. The molecule has 0 heterocycles. The fourth-order valence-electron chi connectivity index (χ4n) is 1.88. The van der Waals surface area contributed by atoms with Crippen LogP contribution in [0, 0.1) is 0 Å². The highest BCUT2D eigenvalue weighted by Gasteiger charge is 2.15. The van der Waals surface area contributed by atoms with Gasteiger partial charge in [0.25, 0.3) is 5.91 Å². The van der Waals surface area contributed by atoms with E-state index >= 15 is 0 Å². The first-order valence-electron chi connectivity index (χ1n) is 6.31. The lowest BCUT2D eigenvalue weighted by Crippen LogP contribution is -2.12. The topological polar surface area (TPSA) is 75.6 Å². The number of carbonyl (C=O) groups is 2. The van der Waals surface area contributed by atoms with Gasteiger partial charge in [0.2, 0.25) is 0 Å². The molecule has 0 aliphatic rings. The van der Waals surface area contributed by atoms with Crippen LogP contribution < -0.4 is 10.1 Å². The standard InChI is InChI=1S/C16H15NO4/c1-10(18)11-5-3-6-12(9-11)17-16(20)13-7-4-8-14(21-2)15(13)19/h3-9,19H,1-2H3,(H,17,20). The Labute approximate surface area is 122 Å². The van der Waals surface area contributed by atoms with Crippen molar-refractivity contribution in [3.05, 3.63) is 53.6 Å². The summed E-state index contributed by atoms with van der Waals surface area (Å²) in [6.45, 7) is 1.45. The van der Waals surface area contributed by atoms with E-state index in [-0.39, 0.29) is 22.8 Å². The van der Waals surface area contributed by atoms with Crippen molar-refractivity contribution in [3.8, 4) is 11.5 Å². The maximum atomic E-state index is 12.2. The van der Waals surface area contributed by atoms with Crippen molar-refractivity contribution in [3.63, 3.8) is 0 Å². The van der Waals surface area contributed by atoms with Crippen LogP contribution in [0.1, 0.15) is 27.6 Å². The number of hydrogen-bond donors (Lipinski definition) is 2. The zero-order valence-electron chi connectivity index (χ0n) is 11.7. The van der Waals surface area contributed by atoms with Crippen molar-refractivity contribution in [2.75, 3.05) is 12.4 Å². The van der Waals surface area contributed by atoms with E-state index < -0.39 is 5.91 Å². The number of nitrogens with one attached hydrogen (secondary N) is 1. The average molecular weight is 285 g/mol. The van der Waals surface area contributed by atoms with Crippen LogP contribution >= 0.6 is 0 Å². The molecule has 108 valence electrons. The molecule has 2 aromatic carbocycles. The molecule has 0 aliphatic heterocycles. The average Bonchev–Trinajstić information content (AvgIpc) is 2.47. The number of hydrogen-bond acceptors (Lipinski definition) is 4. The first kappa shape index (κ1) is 14.6. The number of rotatable bonds is 4. The summed E-state index contributed by atoms with van der Waals surface area (Å²) in [6.07, 6.45) is 0. The number of methoxy groups -OCH3 is 1. The quantitative estimate of drug-likeness (QED) is 0.847. The lowest BCUT2D eigenvalue weighted by atomic mass is 10.1. The van der Waals surface area contributed by atoms with Gasteiger partial charge in [-0.2, -0.15) is 0 Å². The summed E-state index contributed by atoms with van der Waals surface area (Å²) in [5.41, 5.74) is 1.08. The minimum Gasteiger partial charge on any atom is -0.504 e. The molecule has 0 radical (unpaired) electrons. The largest absolute Gasteiger partial charge is 0.504 e. The first-order valence-corrected chi connectivity index (χ1v) is 6.31. The number of anilines is 1. The third-order valence-electron chi connectivity index (χ3n) is 2.99. The molecule has 0 saturated carbocycles. The number of Topliss-reactive ketones (excluding diaryl/α,β-unsaturated/α-hetero) is 1. The van der Waals surface area contributed by atoms with Gasteiger partial charge in [-0.25, -0.2) is 0 Å². The highest BCUT2D eigenvalue weighted by Crippen LogP contribution is 2.29. The van der Waals surface area contributed by atoms with E-state index in [4.69, 9.17) is 4.74 Å². The van der Waals surface area contributed by atoms with Crippen LogP contribution in [0.4, 0.5) is 5.69 Å². The smallest absolute Gasteiger partial charge is 0.259 e. The van der Waals surface area contributed by atoms with Crippen molar-refractivity contribution in [2.24, 2.45) is 0 Å². The molecule has 0 fully saturated rings. The van der Waals surface area contributed by atoms with Gasteiger partial charge in [0.1, 0.15) is 0 Å². The third-order valence-corrected chi connectivity index (χ3v) is 2.99. The Kier molecular flexibility index (Phi) is 4.23. The molecular formula is C16H15NO4. The van der Waals surface area contributed by atoms with Gasteiger partial charge in [0.15, 0.2) is 17.3 Å². The highest BCUT2D eigenvalue weighted by atomic mass is 16.5. The number of phenols is 1. The molecule has 5 heteroatoms. The number of ketones is 1. The molecule has 0 saturated heterocycles. The lowest BCUT2D eigenvalue weighted by Gasteiger charge is -2.10. The Morgan fingerprint density at radius 3 is 2.52 bits per heavy atom. The molecule has 0 unspecified atom stereocenters. The third kappa shape index (κ3) is 3.20. The second kappa shape index (κ2) is 6.09. The minimum absolute atomic E-state index is 0.0877. The molecule has 1 amide bonds. The van der Waals surface area contributed by atoms with Crippen LogP contribution in [0.15, 0.2) is 42.5 Å². The Hall–Kier alpha value is -2.82. The number of phenolic OH excluding ortho intramolecular Hbond substituents is 1. The Balaban J connectivity index is 2.26. The predicted molar refractivity (Wildman–Crippen MR) is 79.1 cm³/mol. The Morgan fingerprint density at radius 1 is 1.14 bits per heavy atom. The van der Waals surface area contributed by atoms with Crippen LogP contribution in [0.5, 0.6) is 11.5 Å². The van der Waals surface area contributed by atoms with E-state index in [2.05, 4.69) is 5.32 Å². The van der Waals surface area contributed by atoms with Gasteiger partial charge in [-0.3, -0.25) is 9.59 Å². The highest BCUT2D eigenvalue weighted by molar-refractivity contribution is 6.07. The minimum atomic E-state index is -0.480. The SMILES string of the molecule is COc1cccc(C(=O)Nc2cccc(C(C)=O)c2)c1O. The molecule has 0 bridgehead atoms. The molecule has 2 rings (SSSR count). The van der Waals surface area contributed by atoms with Gasteiger partial charge in [0.05, 0.1) is 12.7 Å². The normalized spacial score (nSPS) is 10.0. The molecule has 5 nitrogen and oxygen atoms in total. The summed E-state index contributed by atoms with van der Waals surface area (Å²) in [5, 5.41) is 12.6. The van der Waals surface area contributed by atoms with E-state index in [1.807, 2.05) is 0 Å². The number of amides is 1. The molecule has 0 atom stereocenters. The fraction of sp³-hybridized carbons (Fsp3) is 0.125. The lowest BCUT2D eigenvalue weighted by molar-refractivity contribution is 0.100. The molecule has 2 N–H and O–H groups in total. The number of benzene rings is 2. The van der Waals surface area contributed by atoms with Gasteiger partial charge in [-0.1, -0.05) is 18.2 Å². The van der Waals surface area contributed by atoms with E-state index in [9.17, 15) is 14.7 Å². The molecule has 2 aromatic rings. The van der Waals surface area contributed by atoms with Gasteiger partial charge in [0, 0.05) is 11.3 Å². The van der Waals surface area contributed by atoms with Gasteiger partial charge < -0.3 is 15.2 Å². The van der Waals surface area contributed by atoms with Gasteiger partial charge in [-0.05, 0) is 31.2 Å². The van der Waals surface area contributed by atoms with Crippen LogP contribution in [-0.2, 0) is 0 Å². The summed E-state index contributed by atoms with van der Waals surface area (Å²) in [6, 6.07) is 11.3. The monoisotopic (exact) mass is 285 g/mol. The van der Waals surface area contributed by atoms with E-state index in [0.717, 1.165) is 0 Å². The summed E-state index contributed by atoms with van der Waals surface area (Å²) < 4.78 is 4.96. The zero-order chi connectivity index (χ0) is 15.4. The maximum Gasteiger partial charge on any atom is 0.259 e. The van der Waals surface area contributed by atoms with Crippen molar-refractivity contribution >= 4 is 17.4 Å². The van der Waals surface area contributed by atoms with Crippen molar-refractivity contribution in [2.45, 2.75) is 6.92 Å². The number of aromatic hydroxyl groups is 1. The van der Waals surface area contributed by atoms with Crippen molar-refractivity contribution < 1.29 is 19.4 Å². The second-order valence-electron chi connectivity index (χ2n) is 4.45. The summed E-state index contributed by atoms with van der Waals surface area (Å²) in [4.78, 5) is 23.5. The number of ether oxygens (including phenoxy) is 1. The van der Waals surface area contributed by atoms with Gasteiger partial charge >= 0.3 is 0 Å².